The van der Waals surface area contributed by atoms with Crippen LogP contribution >= 0.6 is 33.9 Å². The van der Waals surface area contributed by atoms with E-state index in [0.29, 0.717) is 5.41 Å². The molecule has 2 fully saturated rings. The number of carbonyl (C=O) groups is 1. The van der Waals surface area contributed by atoms with Crippen LogP contribution in [0.4, 0.5) is 9.93 Å². The van der Waals surface area contributed by atoms with E-state index in [1.54, 1.807) is 11.3 Å². The SMILES string of the molecule is CC(C)(C)OC(=O)N1CCC2(CC1)CN(c1nn3c(I)cnc3s1)C2. The molecule has 1 amide bonds. The van der Waals surface area contributed by atoms with Crippen LogP contribution in [0.5, 0.6) is 0 Å². The van der Waals surface area contributed by atoms with E-state index in [2.05, 4.69) is 37.6 Å². The molecule has 0 radical (unpaired) electrons. The van der Waals surface area contributed by atoms with Crippen molar-refractivity contribution in [3.63, 3.8) is 0 Å². The standard InChI is InChI=1S/C16H22IN5O2S/c1-15(2,3)24-14(23)20-6-4-16(5-7-20)9-21(10-16)13-19-22-11(17)8-18-12(22)25-13/h8H,4-7,9-10H2,1-3H3. The lowest BCUT2D eigenvalue weighted by molar-refractivity contribution is 0.00596. The summed E-state index contributed by atoms with van der Waals surface area (Å²) < 4.78 is 8.42. The van der Waals surface area contributed by atoms with Gasteiger partial charge in [-0.3, -0.25) is 0 Å². The summed E-state index contributed by atoms with van der Waals surface area (Å²) in [5, 5.41) is 5.71. The average Bonchev–Trinajstić information content (AvgIpc) is 3.05. The smallest absolute Gasteiger partial charge is 0.410 e. The van der Waals surface area contributed by atoms with Crippen molar-refractivity contribution in [2.75, 3.05) is 31.1 Å². The van der Waals surface area contributed by atoms with Crippen molar-refractivity contribution in [1.82, 2.24) is 19.5 Å². The molecule has 25 heavy (non-hydrogen) atoms. The van der Waals surface area contributed by atoms with Gasteiger partial charge in [0.15, 0.2) is 0 Å². The maximum atomic E-state index is 12.2. The number of rotatable bonds is 1. The predicted octanol–water partition coefficient (Wildman–Crippen LogP) is 3.23. The number of halogens is 1. The molecule has 0 bridgehead atoms. The fraction of sp³-hybridized carbons (Fsp3) is 0.688. The van der Waals surface area contributed by atoms with E-state index < -0.39 is 5.60 Å². The molecule has 0 aromatic carbocycles. The second kappa shape index (κ2) is 5.97. The summed E-state index contributed by atoms with van der Waals surface area (Å²) in [5.41, 5.74) is -0.112. The molecule has 2 saturated heterocycles. The number of piperidine rings is 1. The van der Waals surface area contributed by atoms with E-state index in [4.69, 9.17) is 4.74 Å². The highest BCUT2D eigenvalue weighted by molar-refractivity contribution is 14.1. The van der Waals surface area contributed by atoms with Crippen molar-refractivity contribution < 1.29 is 9.53 Å². The Morgan fingerprint density at radius 3 is 2.60 bits per heavy atom. The highest BCUT2D eigenvalue weighted by Gasteiger charge is 2.47. The van der Waals surface area contributed by atoms with Crippen molar-refractivity contribution in [3.05, 3.63) is 9.90 Å². The molecule has 0 N–H and O–H groups in total. The molecule has 9 heteroatoms. The highest BCUT2D eigenvalue weighted by atomic mass is 127. The molecule has 0 saturated carbocycles. The first-order chi connectivity index (χ1) is 11.7. The monoisotopic (exact) mass is 475 g/mol. The highest BCUT2D eigenvalue weighted by Crippen LogP contribution is 2.43. The summed E-state index contributed by atoms with van der Waals surface area (Å²) >= 11 is 3.89. The number of carbonyl (C=O) groups excluding carboxylic acids is 1. The molecule has 0 unspecified atom stereocenters. The van der Waals surface area contributed by atoms with Crippen LogP contribution in [-0.2, 0) is 4.74 Å². The van der Waals surface area contributed by atoms with Gasteiger partial charge in [0.25, 0.3) is 0 Å². The van der Waals surface area contributed by atoms with Crippen molar-refractivity contribution in [2.45, 2.75) is 39.2 Å². The van der Waals surface area contributed by atoms with Crippen molar-refractivity contribution in [1.29, 1.82) is 0 Å². The normalized spacial score (nSPS) is 20.2. The molecule has 2 aromatic rings. The number of amides is 1. The molecule has 1 spiro atoms. The number of anilines is 1. The quantitative estimate of drug-likeness (QED) is 0.593. The van der Waals surface area contributed by atoms with E-state index in [9.17, 15) is 4.79 Å². The Morgan fingerprint density at radius 2 is 2.00 bits per heavy atom. The Labute approximate surface area is 164 Å². The molecule has 0 aliphatic carbocycles. The van der Waals surface area contributed by atoms with Gasteiger partial charge in [0.2, 0.25) is 10.1 Å². The number of likely N-dealkylation sites (tertiary alicyclic amines) is 1. The number of imidazole rings is 1. The van der Waals surface area contributed by atoms with Crippen LogP contribution in [0.3, 0.4) is 0 Å². The van der Waals surface area contributed by atoms with Crippen LogP contribution in [0.25, 0.3) is 4.96 Å². The fourth-order valence-corrected chi connectivity index (χ4v) is 5.00. The third-order valence-corrected chi connectivity index (χ3v) is 6.55. The lowest BCUT2D eigenvalue weighted by Gasteiger charge is -2.53. The number of nitrogens with zero attached hydrogens (tertiary/aromatic N) is 5. The molecular formula is C16H22IN5O2S. The summed E-state index contributed by atoms with van der Waals surface area (Å²) in [6.45, 7) is 9.32. The number of hydrogen-bond donors (Lipinski definition) is 0. The van der Waals surface area contributed by atoms with Crippen LogP contribution in [0.15, 0.2) is 6.20 Å². The van der Waals surface area contributed by atoms with E-state index in [1.807, 2.05) is 36.4 Å². The van der Waals surface area contributed by atoms with Gasteiger partial charge in [0.1, 0.15) is 9.30 Å². The molecule has 2 aliphatic heterocycles. The maximum Gasteiger partial charge on any atom is 0.410 e. The van der Waals surface area contributed by atoms with Crippen LogP contribution in [-0.4, -0.2) is 57.4 Å². The molecule has 2 aliphatic rings. The van der Waals surface area contributed by atoms with Gasteiger partial charge in [-0.1, -0.05) is 11.3 Å². The second-order valence-corrected chi connectivity index (χ2v) is 10.0. The third kappa shape index (κ3) is 3.32. The number of hydrogen-bond acceptors (Lipinski definition) is 6. The minimum Gasteiger partial charge on any atom is -0.444 e. The summed E-state index contributed by atoms with van der Waals surface area (Å²) in [5.74, 6) is 0. The van der Waals surface area contributed by atoms with E-state index >= 15 is 0 Å². The zero-order valence-corrected chi connectivity index (χ0v) is 17.6. The van der Waals surface area contributed by atoms with Crippen LogP contribution in [0.2, 0.25) is 0 Å². The lowest BCUT2D eigenvalue weighted by atomic mass is 9.72. The fourth-order valence-electron chi connectivity index (χ4n) is 3.49. The van der Waals surface area contributed by atoms with Crippen LogP contribution in [0, 0.1) is 9.12 Å². The molecule has 4 heterocycles. The average molecular weight is 475 g/mol. The van der Waals surface area contributed by atoms with Gasteiger partial charge in [0, 0.05) is 31.6 Å². The summed E-state index contributed by atoms with van der Waals surface area (Å²) in [4.78, 5) is 21.7. The lowest BCUT2D eigenvalue weighted by Crippen LogP contribution is -2.61. The zero-order chi connectivity index (χ0) is 17.8. The largest absolute Gasteiger partial charge is 0.444 e. The molecule has 136 valence electrons. The molecule has 4 rings (SSSR count). The third-order valence-electron chi connectivity index (χ3n) is 4.83. The van der Waals surface area contributed by atoms with Gasteiger partial charge in [-0.25, -0.2) is 9.78 Å². The minimum absolute atomic E-state index is 0.186. The first-order valence-corrected chi connectivity index (χ1v) is 10.4. The predicted molar refractivity (Wildman–Crippen MR) is 105 cm³/mol. The van der Waals surface area contributed by atoms with Gasteiger partial charge in [0.05, 0.1) is 6.20 Å². The maximum absolute atomic E-state index is 12.2. The van der Waals surface area contributed by atoms with Crippen LogP contribution < -0.4 is 4.90 Å². The van der Waals surface area contributed by atoms with Gasteiger partial charge >= 0.3 is 6.09 Å². The summed E-state index contributed by atoms with van der Waals surface area (Å²) in [6, 6.07) is 0. The van der Waals surface area contributed by atoms with Crippen LogP contribution in [0.1, 0.15) is 33.6 Å². The Kier molecular flexibility index (Phi) is 4.13. The zero-order valence-electron chi connectivity index (χ0n) is 14.7. The first-order valence-electron chi connectivity index (χ1n) is 8.48. The number of aromatic nitrogens is 3. The Morgan fingerprint density at radius 1 is 1.32 bits per heavy atom. The van der Waals surface area contributed by atoms with Crippen molar-refractivity contribution in [2.24, 2.45) is 5.41 Å². The number of ether oxygens (including phenoxy) is 1. The van der Waals surface area contributed by atoms with Gasteiger partial charge < -0.3 is 14.5 Å². The van der Waals surface area contributed by atoms with Gasteiger partial charge in [-0.05, 0) is 56.2 Å². The Balaban J connectivity index is 1.34. The minimum atomic E-state index is -0.431. The molecule has 2 aromatic heterocycles. The van der Waals surface area contributed by atoms with Gasteiger partial charge in [-0.2, -0.15) is 4.52 Å². The van der Waals surface area contributed by atoms with E-state index in [1.165, 1.54) is 0 Å². The molecular weight excluding hydrogens is 453 g/mol. The summed E-state index contributed by atoms with van der Waals surface area (Å²) in [7, 11) is 0. The summed E-state index contributed by atoms with van der Waals surface area (Å²) in [6.07, 6.45) is 3.72. The van der Waals surface area contributed by atoms with E-state index in [0.717, 1.165) is 52.8 Å². The van der Waals surface area contributed by atoms with Gasteiger partial charge in [-0.15, -0.1) is 5.10 Å². The second-order valence-electron chi connectivity index (χ2n) is 7.98. The Hall–Kier alpha value is -1.10. The first kappa shape index (κ1) is 17.3. The molecule has 7 nitrogen and oxygen atoms in total. The van der Waals surface area contributed by atoms with Crippen molar-refractivity contribution >= 4 is 50.1 Å². The topological polar surface area (TPSA) is 63.0 Å². The van der Waals surface area contributed by atoms with Crippen molar-refractivity contribution in [3.8, 4) is 0 Å². The molecule has 0 atom stereocenters. The van der Waals surface area contributed by atoms with E-state index in [-0.39, 0.29) is 6.09 Å². The number of fused-ring (bicyclic) bond motifs is 1. The Bertz CT molecular complexity index is 795.